The Kier molecular flexibility index (Phi) is 5.61. The molecular formula is C19H15BrClF4NO3. The zero-order valence-electron chi connectivity index (χ0n) is 15.1. The molecular weight excluding hydrogens is 482 g/mol. The van der Waals surface area contributed by atoms with Crippen LogP contribution in [0.3, 0.4) is 0 Å². The highest BCUT2D eigenvalue weighted by atomic mass is 79.9. The number of halogens is 6. The summed E-state index contributed by atoms with van der Waals surface area (Å²) in [5, 5.41) is 10.9. The molecule has 1 aliphatic heterocycles. The van der Waals surface area contributed by atoms with Crippen LogP contribution in [-0.4, -0.2) is 30.8 Å². The van der Waals surface area contributed by atoms with Crippen molar-refractivity contribution in [2.24, 2.45) is 0 Å². The maximum absolute atomic E-state index is 14.6. The fourth-order valence-corrected chi connectivity index (χ4v) is 4.18. The zero-order chi connectivity index (χ0) is 21.7. The van der Waals surface area contributed by atoms with Crippen molar-refractivity contribution in [1.82, 2.24) is 0 Å². The summed E-state index contributed by atoms with van der Waals surface area (Å²) in [7, 11) is 1.41. The lowest BCUT2D eigenvalue weighted by Crippen LogP contribution is -2.47. The van der Waals surface area contributed by atoms with Gasteiger partial charge in [0.2, 0.25) is 0 Å². The summed E-state index contributed by atoms with van der Waals surface area (Å²) >= 11 is 9.28. The van der Waals surface area contributed by atoms with Crippen LogP contribution in [0.15, 0.2) is 34.8 Å². The molecule has 0 fully saturated rings. The molecule has 0 radical (unpaired) electrons. The Morgan fingerprint density at radius 2 is 1.93 bits per heavy atom. The van der Waals surface area contributed by atoms with Gasteiger partial charge in [-0.2, -0.15) is 13.2 Å². The van der Waals surface area contributed by atoms with Crippen LogP contribution in [0.25, 0.3) is 0 Å². The number of rotatable bonds is 3. The van der Waals surface area contributed by atoms with Gasteiger partial charge in [0.05, 0.1) is 5.69 Å². The van der Waals surface area contributed by atoms with Crippen LogP contribution >= 0.6 is 27.5 Å². The summed E-state index contributed by atoms with van der Waals surface area (Å²) in [5.74, 6) is -3.98. The maximum atomic E-state index is 14.6. The fraction of sp³-hybridized carbons (Fsp3) is 0.316. The molecule has 2 atom stereocenters. The molecule has 156 valence electrons. The van der Waals surface area contributed by atoms with Gasteiger partial charge in [0, 0.05) is 22.5 Å². The summed E-state index contributed by atoms with van der Waals surface area (Å²) in [4.78, 5) is 12.8. The molecule has 2 unspecified atom stereocenters. The van der Waals surface area contributed by atoms with Crippen molar-refractivity contribution in [3.8, 4) is 5.75 Å². The van der Waals surface area contributed by atoms with Crippen LogP contribution in [0.4, 0.5) is 23.2 Å². The number of fused-ring (bicyclic) bond motifs is 1. The normalized spacial score (nSPS) is 17.4. The summed E-state index contributed by atoms with van der Waals surface area (Å²) < 4.78 is 62.4. The SMILES string of the molecule is CC(c1ccc(Br)cc1Cl)C(O)(c1cc(F)c2c(c1)N(C)CC(=O)O2)C(F)(F)F. The summed E-state index contributed by atoms with van der Waals surface area (Å²) in [6.07, 6.45) is -5.16. The number of carbonyl (C=O) groups excluding carboxylic acids is 1. The minimum absolute atomic E-state index is 0.0130. The fourth-order valence-electron chi connectivity index (χ4n) is 3.35. The lowest BCUT2D eigenvalue weighted by atomic mass is 9.77. The molecule has 0 saturated carbocycles. The first-order valence-corrected chi connectivity index (χ1v) is 9.53. The lowest BCUT2D eigenvalue weighted by molar-refractivity contribution is -0.274. The maximum Gasteiger partial charge on any atom is 0.422 e. The predicted octanol–water partition coefficient (Wildman–Crippen LogP) is 5.15. The number of ether oxygens (including phenoxy) is 1. The quantitative estimate of drug-likeness (QED) is 0.363. The largest absolute Gasteiger partial charge is 0.422 e. The van der Waals surface area contributed by atoms with Gasteiger partial charge in [0.25, 0.3) is 0 Å². The molecule has 1 aliphatic rings. The first-order chi connectivity index (χ1) is 13.4. The number of hydrogen-bond donors (Lipinski definition) is 1. The third-order valence-corrected chi connectivity index (χ3v) is 5.77. The molecule has 0 aromatic heterocycles. The van der Waals surface area contributed by atoms with Crippen molar-refractivity contribution < 1.29 is 32.2 Å². The van der Waals surface area contributed by atoms with Gasteiger partial charge in [-0.15, -0.1) is 0 Å². The van der Waals surface area contributed by atoms with E-state index in [9.17, 15) is 27.5 Å². The van der Waals surface area contributed by atoms with E-state index >= 15 is 0 Å². The molecule has 29 heavy (non-hydrogen) atoms. The number of esters is 1. The monoisotopic (exact) mass is 495 g/mol. The number of aliphatic hydroxyl groups is 1. The summed E-state index contributed by atoms with van der Waals surface area (Å²) in [6.45, 7) is 0.887. The van der Waals surface area contributed by atoms with Crippen molar-refractivity contribution in [1.29, 1.82) is 0 Å². The van der Waals surface area contributed by atoms with Gasteiger partial charge >= 0.3 is 12.1 Å². The number of likely N-dealkylation sites (N-methyl/N-ethyl adjacent to an activating group) is 1. The van der Waals surface area contributed by atoms with E-state index in [1.54, 1.807) is 0 Å². The number of benzene rings is 2. The minimum Gasteiger partial charge on any atom is -0.420 e. The predicted molar refractivity (Wildman–Crippen MR) is 103 cm³/mol. The van der Waals surface area contributed by atoms with Crippen molar-refractivity contribution in [3.63, 3.8) is 0 Å². The van der Waals surface area contributed by atoms with Gasteiger partial charge in [-0.3, -0.25) is 0 Å². The highest BCUT2D eigenvalue weighted by Gasteiger charge is 2.59. The van der Waals surface area contributed by atoms with E-state index in [0.29, 0.717) is 10.5 Å². The second-order valence-corrected chi connectivity index (χ2v) is 8.11. The van der Waals surface area contributed by atoms with Crippen LogP contribution in [0, 0.1) is 5.82 Å². The molecule has 3 rings (SSSR count). The van der Waals surface area contributed by atoms with E-state index in [1.165, 1.54) is 30.1 Å². The van der Waals surface area contributed by atoms with Gasteiger partial charge in [-0.1, -0.05) is 40.5 Å². The van der Waals surface area contributed by atoms with E-state index in [1.807, 2.05) is 0 Å². The number of carbonyl (C=O) groups is 1. The van der Waals surface area contributed by atoms with Crippen LogP contribution in [-0.2, 0) is 10.4 Å². The number of anilines is 1. The summed E-state index contributed by atoms with van der Waals surface area (Å²) in [6, 6.07) is 5.76. The third-order valence-electron chi connectivity index (χ3n) is 4.95. The molecule has 1 heterocycles. The van der Waals surface area contributed by atoms with Gasteiger partial charge in [0.15, 0.2) is 17.2 Å². The third kappa shape index (κ3) is 3.71. The van der Waals surface area contributed by atoms with E-state index in [-0.39, 0.29) is 22.8 Å². The second-order valence-electron chi connectivity index (χ2n) is 6.79. The molecule has 10 heteroatoms. The number of nitrogens with zero attached hydrogens (tertiary/aromatic N) is 1. The molecule has 2 aromatic rings. The molecule has 2 aromatic carbocycles. The number of hydrogen-bond acceptors (Lipinski definition) is 4. The molecule has 0 aliphatic carbocycles. The van der Waals surface area contributed by atoms with Crippen molar-refractivity contribution in [2.45, 2.75) is 24.6 Å². The molecule has 0 saturated heterocycles. The Balaban J connectivity index is 2.21. The second kappa shape index (κ2) is 7.45. The van der Waals surface area contributed by atoms with E-state index in [4.69, 9.17) is 16.3 Å². The van der Waals surface area contributed by atoms with Crippen LogP contribution < -0.4 is 9.64 Å². The lowest BCUT2D eigenvalue weighted by Gasteiger charge is -2.38. The van der Waals surface area contributed by atoms with E-state index in [2.05, 4.69) is 15.9 Å². The first kappa shape index (κ1) is 21.9. The van der Waals surface area contributed by atoms with Crippen LogP contribution in [0.2, 0.25) is 5.02 Å². The van der Waals surface area contributed by atoms with Gasteiger partial charge in [-0.25, -0.2) is 9.18 Å². The zero-order valence-corrected chi connectivity index (χ0v) is 17.5. The minimum atomic E-state index is -5.16. The smallest absolute Gasteiger partial charge is 0.420 e. The van der Waals surface area contributed by atoms with Crippen molar-refractivity contribution in [3.05, 3.63) is 56.8 Å². The molecule has 0 amide bonds. The standard InChI is InChI=1S/C19H15BrClF4NO3/c1-9(12-4-3-11(20)7-13(12)21)18(28,19(23,24)25)10-5-14(22)17-15(6-10)26(2)8-16(27)29-17/h3-7,9,28H,8H2,1-2H3. The van der Waals surface area contributed by atoms with Crippen molar-refractivity contribution in [2.75, 3.05) is 18.5 Å². The van der Waals surface area contributed by atoms with Gasteiger partial charge in [-0.05, 0) is 35.4 Å². The molecule has 0 bridgehead atoms. The topological polar surface area (TPSA) is 49.8 Å². The average molecular weight is 497 g/mol. The first-order valence-electron chi connectivity index (χ1n) is 8.36. The van der Waals surface area contributed by atoms with Crippen LogP contribution in [0.1, 0.15) is 24.0 Å². The Bertz CT molecular complexity index is 985. The molecule has 0 spiro atoms. The Morgan fingerprint density at radius 1 is 1.28 bits per heavy atom. The van der Waals surface area contributed by atoms with Gasteiger partial charge < -0.3 is 14.7 Å². The Morgan fingerprint density at radius 3 is 2.52 bits per heavy atom. The van der Waals surface area contributed by atoms with Gasteiger partial charge in [0.1, 0.15) is 6.54 Å². The highest BCUT2D eigenvalue weighted by molar-refractivity contribution is 9.10. The molecule has 1 N–H and O–H groups in total. The van der Waals surface area contributed by atoms with Crippen LogP contribution in [0.5, 0.6) is 5.75 Å². The van der Waals surface area contributed by atoms with E-state index in [0.717, 1.165) is 13.0 Å². The number of alkyl halides is 3. The average Bonchev–Trinajstić information content (AvgIpc) is 2.60. The van der Waals surface area contributed by atoms with E-state index < -0.39 is 40.8 Å². The Labute approximate surface area is 177 Å². The summed E-state index contributed by atoms with van der Waals surface area (Å²) in [5.41, 5.74) is -4.22. The van der Waals surface area contributed by atoms with Crippen molar-refractivity contribution >= 4 is 39.2 Å². The molecule has 4 nitrogen and oxygen atoms in total. The highest BCUT2D eigenvalue weighted by Crippen LogP contribution is 2.51. The Hall–Kier alpha value is -1.84.